The molecule has 1 heterocycles. The average Bonchev–Trinajstić information content (AvgIpc) is 2.73. The minimum Gasteiger partial charge on any atom is -0.497 e. The SMILES string of the molecule is COc1cccc(C=C(C)CNCCNS(=O)(=O)c2cccc3cnccc23)c1. The van der Waals surface area contributed by atoms with E-state index in [1.54, 1.807) is 37.7 Å². The summed E-state index contributed by atoms with van der Waals surface area (Å²) in [5.41, 5.74) is 2.21. The molecule has 0 bridgehead atoms. The molecule has 0 aliphatic heterocycles. The number of nitrogens with one attached hydrogen (secondary N) is 2. The van der Waals surface area contributed by atoms with Crippen LogP contribution in [-0.4, -0.2) is 40.1 Å². The van der Waals surface area contributed by atoms with Gasteiger partial charge in [-0.2, -0.15) is 0 Å². The van der Waals surface area contributed by atoms with Crippen LogP contribution in [0.15, 0.2) is 71.4 Å². The van der Waals surface area contributed by atoms with E-state index in [1.165, 1.54) is 0 Å². The van der Waals surface area contributed by atoms with Gasteiger partial charge in [-0.05, 0) is 36.8 Å². The zero-order chi connectivity index (χ0) is 20.7. The molecule has 6 nitrogen and oxygen atoms in total. The minimum atomic E-state index is -3.59. The number of benzene rings is 2. The van der Waals surface area contributed by atoms with Crippen molar-refractivity contribution in [2.24, 2.45) is 0 Å². The molecule has 29 heavy (non-hydrogen) atoms. The van der Waals surface area contributed by atoms with Crippen molar-refractivity contribution in [1.29, 1.82) is 0 Å². The Morgan fingerprint density at radius 2 is 1.97 bits per heavy atom. The fraction of sp³-hybridized carbons (Fsp3) is 0.227. The standard InChI is InChI=1S/C22H25N3O3S/c1-17(13-18-5-3-7-20(14-18)28-2)15-24-11-12-25-29(26,27)22-8-4-6-19-16-23-10-9-21(19)22/h3-10,13-14,16,24-25H,11-12,15H2,1-2H3. The van der Waals surface area contributed by atoms with Gasteiger partial charge in [-0.3, -0.25) is 4.98 Å². The van der Waals surface area contributed by atoms with Crippen LogP contribution in [-0.2, 0) is 10.0 Å². The Morgan fingerprint density at radius 3 is 2.79 bits per heavy atom. The fourth-order valence-electron chi connectivity index (χ4n) is 3.03. The van der Waals surface area contributed by atoms with Gasteiger partial charge in [0.1, 0.15) is 5.75 Å². The third-order valence-corrected chi connectivity index (χ3v) is 5.95. The molecule has 0 unspecified atom stereocenters. The molecule has 2 N–H and O–H groups in total. The highest BCUT2D eigenvalue weighted by atomic mass is 32.2. The van der Waals surface area contributed by atoms with Gasteiger partial charge >= 0.3 is 0 Å². The first-order valence-corrected chi connectivity index (χ1v) is 10.8. The predicted molar refractivity (Wildman–Crippen MR) is 116 cm³/mol. The molecule has 0 aliphatic carbocycles. The van der Waals surface area contributed by atoms with Gasteiger partial charge in [0.05, 0.1) is 12.0 Å². The van der Waals surface area contributed by atoms with Crippen LogP contribution in [0.1, 0.15) is 12.5 Å². The Morgan fingerprint density at radius 1 is 1.14 bits per heavy atom. The molecule has 152 valence electrons. The maximum atomic E-state index is 12.7. The van der Waals surface area contributed by atoms with E-state index in [4.69, 9.17) is 4.74 Å². The summed E-state index contributed by atoms with van der Waals surface area (Å²) in [6, 6.07) is 14.7. The number of fused-ring (bicyclic) bond motifs is 1. The van der Waals surface area contributed by atoms with E-state index in [0.29, 0.717) is 25.0 Å². The molecule has 0 spiro atoms. The first kappa shape index (κ1) is 21.0. The van der Waals surface area contributed by atoms with Crippen molar-refractivity contribution in [3.8, 4) is 5.75 Å². The van der Waals surface area contributed by atoms with Gasteiger partial charge in [-0.25, -0.2) is 13.1 Å². The van der Waals surface area contributed by atoms with E-state index in [9.17, 15) is 8.42 Å². The Balaban J connectivity index is 1.52. The molecule has 0 saturated carbocycles. The van der Waals surface area contributed by atoms with Crippen molar-refractivity contribution in [2.75, 3.05) is 26.7 Å². The van der Waals surface area contributed by atoms with Gasteiger partial charge in [-0.1, -0.05) is 35.9 Å². The molecule has 0 saturated heterocycles. The molecule has 3 aromatic rings. The molecular formula is C22H25N3O3S. The topological polar surface area (TPSA) is 80.3 Å². The molecule has 0 aliphatic rings. The number of hydrogen-bond acceptors (Lipinski definition) is 5. The van der Waals surface area contributed by atoms with Gasteiger partial charge in [0.25, 0.3) is 0 Å². The zero-order valence-corrected chi connectivity index (χ0v) is 17.4. The van der Waals surface area contributed by atoms with Crippen LogP contribution in [0, 0.1) is 0 Å². The lowest BCUT2D eigenvalue weighted by Gasteiger charge is -2.10. The van der Waals surface area contributed by atoms with Gasteiger partial charge in [0, 0.05) is 42.8 Å². The van der Waals surface area contributed by atoms with E-state index >= 15 is 0 Å². The van der Waals surface area contributed by atoms with Crippen molar-refractivity contribution in [1.82, 2.24) is 15.0 Å². The second kappa shape index (κ2) is 9.65. The summed E-state index contributed by atoms with van der Waals surface area (Å²) in [6.45, 7) is 3.52. The summed E-state index contributed by atoms with van der Waals surface area (Å²) in [6.07, 6.45) is 5.33. The second-order valence-corrected chi connectivity index (χ2v) is 8.43. The van der Waals surface area contributed by atoms with Gasteiger partial charge in [-0.15, -0.1) is 0 Å². The van der Waals surface area contributed by atoms with Crippen molar-refractivity contribution in [3.05, 3.63) is 72.1 Å². The lowest BCUT2D eigenvalue weighted by atomic mass is 10.1. The third kappa shape index (κ3) is 5.63. The van der Waals surface area contributed by atoms with Crippen LogP contribution in [0.5, 0.6) is 5.75 Å². The number of rotatable bonds is 9. The van der Waals surface area contributed by atoms with Gasteiger partial charge in [0.2, 0.25) is 10.0 Å². The van der Waals surface area contributed by atoms with E-state index in [1.807, 2.05) is 37.3 Å². The highest BCUT2D eigenvalue weighted by Gasteiger charge is 2.16. The first-order chi connectivity index (χ1) is 14.0. The molecule has 1 aromatic heterocycles. The van der Waals surface area contributed by atoms with Crippen LogP contribution < -0.4 is 14.8 Å². The smallest absolute Gasteiger partial charge is 0.241 e. The van der Waals surface area contributed by atoms with Crippen molar-refractivity contribution < 1.29 is 13.2 Å². The van der Waals surface area contributed by atoms with Crippen molar-refractivity contribution in [3.63, 3.8) is 0 Å². The Hall–Kier alpha value is -2.74. The molecular weight excluding hydrogens is 386 g/mol. The minimum absolute atomic E-state index is 0.270. The average molecular weight is 412 g/mol. The lowest BCUT2D eigenvalue weighted by molar-refractivity contribution is 0.414. The summed E-state index contributed by atoms with van der Waals surface area (Å²) in [7, 11) is -1.94. The van der Waals surface area contributed by atoms with Crippen molar-refractivity contribution in [2.45, 2.75) is 11.8 Å². The van der Waals surface area contributed by atoms with Crippen LogP contribution in [0.3, 0.4) is 0 Å². The largest absolute Gasteiger partial charge is 0.497 e. The third-order valence-electron chi connectivity index (χ3n) is 4.43. The van der Waals surface area contributed by atoms with Crippen LogP contribution in [0.2, 0.25) is 0 Å². The van der Waals surface area contributed by atoms with Gasteiger partial charge < -0.3 is 10.1 Å². The molecule has 0 amide bonds. The second-order valence-electron chi connectivity index (χ2n) is 6.69. The fourth-order valence-corrected chi connectivity index (χ4v) is 4.29. The Bertz CT molecular complexity index is 1110. The number of ether oxygens (including phenoxy) is 1. The Labute approximate surface area is 171 Å². The van der Waals surface area contributed by atoms with Crippen molar-refractivity contribution >= 4 is 26.9 Å². The van der Waals surface area contributed by atoms with Crippen LogP contribution in [0.25, 0.3) is 16.8 Å². The molecule has 0 atom stereocenters. The number of aromatic nitrogens is 1. The molecule has 0 fully saturated rings. The van der Waals surface area contributed by atoms with E-state index in [-0.39, 0.29) is 4.90 Å². The monoisotopic (exact) mass is 411 g/mol. The lowest BCUT2D eigenvalue weighted by Crippen LogP contribution is -2.32. The molecule has 7 heteroatoms. The summed E-state index contributed by atoms with van der Waals surface area (Å²) in [5.74, 6) is 0.818. The Kier molecular flexibility index (Phi) is 6.98. The maximum Gasteiger partial charge on any atom is 0.241 e. The van der Waals surface area contributed by atoms with E-state index in [0.717, 1.165) is 22.3 Å². The molecule has 2 aromatic carbocycles. The number of nitrogens with zero attached hydrogens (tertiary/aromatic N) is 1. The quantitative estimate of drug-likeness (QED) is 0.529. The van der Waals surface area contributed by atoms with Crippen LogP contribution in [0.4, 0.5) is 0 Å². The number of sulfonamides is 1. The highest BCUT2D eigenvalue weighted by molar-refractivity contribution is 7.89. The number of hydrogen-bond donors (Lipinski definition) is 2. The summed E-state index contributed by atoms with van der Waals surface area (Å²) in [5, 5.41) is 4.72. The number of methoxy groups -OCH3 is 1. The van der Waals surface area contributed by atoms with E-state index < -0.39 is 10.0 Å². The molecule has 0 radical (unpaired) electrons. The highest BCUT2D eigenvalue weighted by Crippen LogP contribution is 2.21. The number of pyridine rings is 1. The normalized spacial score (nSPS) is 12.3. The first-order valence-electron chi connectivity index (χ1n) is 9.34. The predicted octanol–water partition coefficient (Wildman–Crippen LogP) is 3.21. The summed E-state index contributed by atoms with van der Waals surface area (Å²) >= 11 is 0. The van der Waals surface area contributed by atoms with E-state index in [2.05, 4.69) is 21.1 Å². The zero-order valence-electron chi connectivity index (χ0n) is 16.6. The summed E-state index contributed by atoms with van der Waals surface area (Å²) < 4.78 is 33.2. The molecule has 3 rings (SSSR count). The van der Waals surface area contributed by atoms with Crippen LogP contribution >= 0.6 is 0 Å². The van der Waals surface area contributed by atoms with Gasteiger partial charge in [0.15, 0.2) is 0 Å². The summed E-state index contributed by atoms with van der Waals surface area (Å²) in [4.78, 5) is 4.31. The maximum absolute atomic E-state index is 12.7.